The van der Waals surface area contributed by atoms with E-state index in [-0.39, 0.29) is 18.1 Å². The number of amides is 1. The predicted molar refractivity (Wildman–Crippen MR) is 143 cm³/mol. The summed E-state index contributed by atoms with van der Waals surface area (Å²) in [5.74, 6) is -1.31. The van der Waals surface area contributed by atoms with Crippen LogP contribution in [0.25, 0.3) is 0 Å². The SMILES string of the molecule is CCC1=C(C(=O)OC)[C@@H](c2cccc(F)c2)N2C(CC(=O)N3CCN(c4ccccc4F)CC3)=CSC2=N1. The van der Waals surface area contributed by atoms with Gasteiger partial charge in [-0.3, -0.25) is 4.79 Å². The zero-order chi connectivity index (χ0) is 26.8. The fourth-order valence-corrected chi connectivity index (χ4v) is 6.01. The average Bonchev–Trinajstić information content (AvgIpc) is 3.33. The molecule has 198 valence electrons. The minimum Gasteiger partial charge on any atom is -0.466 e. The van der Waals surface area contributed by atoms with E-state index in [1.165, 1.54) is 37.1 Å². The average molecular weight is 539 g/mol. The van der Waals surface area contributed by atoms with Crippen LogP contribution in [0.2, 0.25) is 0 Å². The van der Waals surface area contributed by atoms with Gasteiger partial charge >= 0.3 is 5.97 Å². The number of methoxy groups -OCH3 is 1. The van der Waals surface area contributed by atoms with Crippen molar-refractivity contribution in [1.82, 2.24) is 9.80 Å². The number of halogens is 2. The van der Waals surface area contributed by atoms with Crippen molar-refractivity contribution >= 4 is 34.5 Å². The first-order valence-electron chi connectivity index (χ1n) is 12.5. The number of aliphatic imine (C=N–C) groups is 1. The van der Waals surface area contributed by atoms with Gasteiger partial charge in [-0.05, 0) is 41.7 Å². The summed E-state index contributed by atoms with van der Waals surface area (Å²) in [5.41, 5.74) is 2.71. The number of amidine groups is 1. The van der Waals surface area contributed by atoms with Crippen LogP contribution in [-0.2, 0) is 14.3 Å². The summed E-state index contributed by atoms with van der Waals surface area (Å²) in [7, 11) is 1.31. The van der Waals surface area contributed by atoms with E-state index in [4.69, 9.17) is 9.73 Å². The van der Waals surface area contributed by atoms with Gasteiger partial charge < -0.3 is 19.4 Å². The molecule has 7 nitrogen and oxygen atoms in total. The van der Waals surface area contributed by atoms with Gasteiger partial charge in [0.15, 0.2) is 5.17 Å². The monoisotopic (exact) mass is 538 g/mol. The Hall–Kier alpha value is -3.66. The van der Waals surface area contributed by atoms with E-state index in [2.05, 4.69) is 0 Å². The minimum atomic E-state index is -0.674. The highest BCUT2D eigenvalue weighted by atomic mass is 32.2. The van der Waals surface area contributed by atoms with E-state index in [1.54, 1.807) is 35.2 Å². The van der Waals surface area contributed by atoms with Gasteiger partial charge in [0.25, 0.3) is 0 Å². The largest absolute Gasteiger partial charge is 0.466 e. The maximum absolute atomic E-state index is 14.3. The van der Waals surface area contributed by atoms with Gasteiger partial charge in [0.1, 0.15) is 11.6 Å². The number of nitrogens with zero attached hydrogens (tertiary/aromatic N) is 4. The van der Waals surface area contributed by atoms with Crippen LogP contribution in [0.1, 0.15) is 31.4 Å². The fourth-order valence-electron chi connectivity index (χ4n) is 5.08. The standard InChI is InChI=1S/C28H28F2N4O3S/c1-3-22-25(27(36)37-2)26(18-7-6-8-19(29)15-18)34-20(17-38-28(34)31-22)16-24(35)33-13-11-32(12-14-33)23-10-5-4-9-21(23)30/h4-10,15,17,26H,3,11-14,16H2,1-2H3/t26-/m1/s1. The number of hydrogen-bond donors (Lipinski definition) is 0. The molecule has 5 rings (SSSR count). The van der Waals surface area contributed by atoms with Crippen LogP contribution in [0.4, 0.5) is 14.5 Å². The first kappa shape index (κ1) is 26.0. The summed E-state index contributed by atoms with van der Waals surface area (Å²) >= 11 is 1.38. The van der Waals surface area contributed by atoms with E-state index in [0.717, 1.165) is 0 Å². The zero-order valence-electron chi connectivity index (χ0n) is 21.2. The van der Waals surface area contributed by atoms with Crippen LogP contribution in [0.3, 0.4) is 0 Å². The molecular formula is C28H28F2N4O3S. The number of ether oxygens (including phenoxy) is 1. The molecule has 10 heteroatoms. The van der Waals surface area contributed by atoms with Crippen LogP contribution in [0.5, 0.6) is 0 Å². The van der Waals surface area contributed by atoms with E-state index >= 15 is 0 Å². The summed E-state index contributed by atoms with van der Waals surface area (Å²) in [6, 6.07) is 12.1. The predicted octanol–water partition coefficient (Wildman–Crippen LogP) is 4.84. The Kier molecular flexibility index (Phi) is 7.51. The molecule has 0 aliphatic carbocycles. The Morgan fingerprint density at radius 3 is 2.53 bits per heavy atom. The number of anilines is 1. The molecule has 0 N–H and O–H groups in total. The Labute approximate surface area is 224 Å². The second kappa shape index (κ2) is 11.0. The van der Waals surface area contributed by atoms with Crippen molar-refractivity contribution in [2.45, 2.75) is 25.8 Å². The molecule has 3 aliphatic rings. The second-order valence-corrected chi connectivity index (χ2v) is 9.99. The van der Waals surface area contributed by atoms with Crippen molar-refractivity contribution in [3.05, 3.63) is 88.1 Å². The van der Waals surface area contributed by atoms with Gasteiger partial charge in [-0.1, -0.05) is 43.0 Å². The Balaban J connectivity index is 1.37. The lowest BCUT2D eigenvalue weighted by Gasteiger charge is -2.38. The highest BCUT2D eigenvalue weighted by Crippen LogP contribution is 2.45. The second-order valence-electron chi connectivity index (χ2n) is 9.15. The molecule has 0 radical (unpaired) electrons. The quantitative estimate of drug-likeness (QED) is 0.491. The Bertz CT molecular complexity index is 1350. The van der Waals surface area contributed by atoms with Gasteiger partial charge in [0, 0.05) is 31.9 Å². The first-order chi connectivity index (χ1) is 18.4. The summed E-state index contributed by atoms with van der Waals surface area (Å²) in [6.07, 6.45) is 0.585. The van der Waals surface area contributed by atoms with Gasteiger partial charge in [0.05, 0.1) is 36.5 Å². The number of fused-ring (bicyclic) bond motifs is 1. The van der Waals surface area contributed by atoms with E-state index in [1.807, 2.05) is 22.1 Å². The summed E-state index contributed by atoms with van der Waals surface area (Å²) in [5, 5.41) is 2.50. The molecule has 0 spiro atoms. The van der Waals surface area contributed by atoms with Crippen molar-refractivity contribution in [3.8, 4) is 0 Å². The van der Waals surface area contributed by atoms with Crippen molar-refractivity contribution in [3.63, 3.8) is 0 Å². The molecule has 38 heavy (non-hydrogen) atoms. The maximum atomic E-state index is 14.3. The van der Waals surface area contributed by atoms with Crippen LogP contribution < -0.4 is 4.90 Å². The van der Waals surface area contributed by atoms with Gasteiger partial charge in [-0.15, -0.1) is 0 Å². The third-order valence-corrected chi connectivity index (χ3v) is 7.84. The van der Waals surface area contributed by atoms with E-state index < -0.39 is 17.8 Å². The van der Waals surface area contributed by atoms with Crippen LogP contribution in [0, 0.1) is 11.6 Å². The van der Waals surface area contributed by atoms with Crippen LogP contribution in [-0.4, -0.2) is 60.1 Å². The topological polar surface area (TPSA) is 65.5 Å². The molecule has 0 saturated carbocycles. The molecule has 1 saturated heterocycles. The molecule has 0 bridgehead atoms. The molecule has 3 aliphatic heterocycles. The third-order valence-electron chi connectivity index (χ3n) is 6.95. The number of hydrogen-bond acceptors (Lipinski definition) is 7. The lowest BCUT2D eigenvalue weighted by atomic mass is 9.92. The number of carbonyl (C=O) groups is 2. The van der Waals surface area contributed by atoms with Gasteiger partial charge in [-0.25, -0.2) is 18.6 Å². The molecule has 0 aromatic heterocycles. The number of para-hydroxylation sites is 1. The number of thioether (sulfide) groups is 1. The number of rotatable bonds is 6. The minimum absolute atomic E-state index is 0.0749. The van der Waals surface area contributed by atoms with Crippen LogP contribution in [0.15, 0.2) is 75.9 Å². The highest BCUT2D eigenvalue weighted by molar-refractivity contribution is 8.16. The van der Waals surface area contributed by atoms with Crippen molar-refractivity contribution in [2.75, 3.05) is 38.2 Å². The molecule has 0 unspecified atom stereocenters. The van der Waals surface area contributed by atoms with E-state index in [9.17, 15) is 18.4 Å². The normalized spacial score (nSPS) is 19.3. The number of carbonyl (C=O) groups excluding carboxylic acids is 2. The molecular weight excluding hydrogens is 510 g/mol. The Morgan fingerprint density at radius 1 is 1.08 bits per heavy atom. The lowest BCUT2D eigenvalue weighted by molar-refractivity contribution is -0.136. The number of benzene rings is 2. The molecule has 1 amide bonds. The molecule has 1 fully saturated rings. The van der Waals surface area contributed by atoms with Gasteiger partial charge in [-0.2, -0.15) is 0 Å². The molecule has 3 heterocycles. The van der Waals surface area contributed by atoms with Crippen molar-refractivity contribution < 1.29 is 23.1 Å². The van der Waals surface area contributed by atoms with Crippen LogP contribution >= 0.6 is 11.8 Å². The summed E-state index contributed by atoms with van der Waals surface area (Å²) in [4.78, 5) is 36.6. The molecule has 2 aromatic rings. The first-order valence-corrected chi connectivity index (χ1v) is 13.4. The van der Waals surface area contributed by atoms with Crippen molar-refractivity contribution in [2.24, 2.45) is 4.99 Å². The fraction of sp³-hybridized carbons (Fsp3) is 0.321. The Morgan fingerprint density at radius 2 is 1.84 bits per heavy atom. The van der Waals surface area contributed by atoms with Gasteiger partial charge in [0.2, 0.25) is 5.91 Å². The smallest absolute Gasteiger partial charge is 0.338 e. The van der Waals surface area contributed by atoms with E-state index in [0.29, 0.717) is 66.0 Å². The van der Waals surface area contributed by atoms with Crippen molar-refractivity contribution in [1.29, 1.82) is 0 Å². The lowest BCUT2D eigenvalue weighted by Crippen LogP contribution is -2.49. The molecule has 1 atom stereocenters. The maximum Gasteiger partial charge on any atom is 0.338 e. The third kappa shape index (κ3) is 4.92. The number of esters is 1. The number of piperazine rings is 1. The highest BCUT2D eigenvalue weighted by Gasteiger charge is 2.42. The molecule has 2 aromatic carbocycles. The summed E-state index contributed by atoms with van der Waals surface area (Å²) in [6.45, 7) is 3.89. The zero-order valence-corrected chi connectivity index (χ0v) is 22.0. The number of allylic oxidation sites excluding steroid dienone is 1. The summed E-state index contributed by atoms with van der Waals surface area (Å²) < 4.78 is 33.6.